The highest BCUT2D eigenvalue weighted by Crippen LogP contribution is 2.66. The molecule has 0 saturated carbocycles. The summed E-state index contributed by atoms with van der Waals surface area (Å²) in [6, 6.07) is 1.25. The minimum absolute atomic E-state index is 0.00846. The van der Waals surface area contributed by atoms with Gasteiger partial charge in [0.15, 0.2) is 16.8 Å². The van der Waals surface area contributed by atoms with Crippen molar-refractivity contribution < 1.29 is 56.3 Å². The van der Waals surface area contributed by atoms with Crippen LogP contribution in [0.15, 0.2) is 23.5 Å². The van der Waals surface area contributed by atoms with Crippen LogP contribution in [0.5, 0.6) is 0 Å². The van der Waals surface area contributed by atoms with Crippen molar-refractivity contribution in [2.75, 3.05) is 6.61 Å². The van der Waals surface area contributed by atoms with Crippen LogP contribution in [0, 0.1) is 0 Å². The van der Waals surface area contributed by atoms with Crippen LogP contribution in [0.4, 0.5) is 0 Å². The van der Waals surface area contributed by atoms with Crippen molar-refractivity contribution in [1.82, 2.24) is 23.9 Å². The minimum atomic E-state index is -5.68. The Hall–Kier alpha value is -1.62. The van der Waals surface area contributed by atoms with E-state index in [1.54, 1.807) is 0 Å². The summed E-state index contributed by atoms with van der Waals surface area (Å²) < 4.78 is 54.0. The van der Waals surface area contributed by atoms with Crippen molar-refractivity contribution in [1.29, 1.82) is 0 Å². The zero-order chi connectivity index (χ0) is 26.5. The third-order valence-corrected chi connectivity index (χ3v) is 8.83. The molecule has 0 spiro atoms. The molecule has 4 heterocycles. The Bertz CT molecular complexity index is 1510. The van der Waals surface area contributed by atoms with Gasteiger partial charge in [-0.25, -0.2) is 33.0 Å². The first-order chi connectivity index (χ1) is 16.7. The summed E-state index contributed by atoms with van der Waals surface area (Å²) in [6.45, 7) is -0.833. The average Bonchev–Trinajstić information content (AvgIpc) is 3.32. The van der Waals surface area contributed by atoms with Crippen molar-refractivity contribution in [2.45, 2.75) is 30.7 Å². The Morgan fingerprint density at radius 1 is 1.08 bits per heavy atom. The van der Waals surface area contributed by atoms with Gasteiger partial charge in [0.25, 0.3) is 5.56 Å². The van der Waals surface area contributed by atoms with Crippen LogP contribution in [0.2, 0.25) is 0 Å². The van der Waals surface area contributed by atoms with Crippen LogP contribution in [0.25, 0.3) is 16.8 Å². The Morgan fingerprint density at radius 2 is 1.81 bits per heavy atom. The number of phosphoric acid groups is 3. The summed E-state index contributed by atoms with van der Waals surface area (Å²) in [5.74, 6) is -0.00846. The molecule has 0 radical (unpaired) electrons. The van der Waals surface area contributed by atoms with Crippen LogP contribution in [0.3, 0.4) is 0 Å². The average molecular weight is 592 g/mol. The quantitative estimate of drug-likeness (QED) is 0.164. The number of ether oxygens (including phenoxy) is 1. The SMILES string of the molecule is O=c1cc(CCl)nc2c3ncn([C@H]4C[C@H](O)[C@@H](COP(=O)(O)OP(=O)(O)OP(=O)(O)O)O4)c3ncn12. The zero-order valence-corrected chi connectivity index (χ0v) is 21.0. The van der Waals surface area contributed by atoms with E-state index in [0.717, 1.165) is 0 Å². The lowest BCUT2D eigenvalue weighted by Gasteiger charge is -2.19. The van der Waals surface area contributed by atoms with E-state index >= 15 is 0 Å². The number of aliphatic hydroxyl groups is 1. The van der Waals surface area contributed by atoms with Crippen molar-refractivity contribution in [3.05, 3.63) is 34.8 Å². The number of hydrogen-bond donors (Lipinski definition) is 5. The molecule has 5 atom stereocenters. The number of phosphoric ester groups is 1. The van der Waals surface area contributed by atoms with E-state index in [1.165, 1.54) is 27.7 Å². The molecule has 0 aromatic carbocycles. The van der Waals surface area contributed by atoms with Crippen LogP contribution >= 0.6 is 35.1 Å². The molecule has 3 aromatic heterocycles. The van der Waals surface area contributed by atoms with Gasteiger partial charge in [-0.05, 0) is 0 Å². The predicted molar refractivity (Wildman–Crippen MR) is 116 cm³/mol. The second-order valence-corrected chi connectivity index (χ2v) is 12.0. The lowest BCUT2D eigenvalue weighted by molar-refractivity contribution is -0.0423. The van der Waals surface area contributed by atoms with Gasteiger partial charge >= 0.3 is 23.5 Å². The number of nitrogens with zero attached hydrogens (tertiary/aromatic N) is 5. The first kappa shape index (κ1) is 27.4. The highest BCUT2D eigenvalue weighted by Gasteiger charge is 2.43. The summed E-state index contributed by atoms with van der Waals surface area (Å²) in [7, 11) is -16.6. The normalized spacial score (nSPS) is 24.2. The largest absolute Gasteiger partial charge is 0.490 e. The molecule has 1 saturated heterocycles. The number of aromatic nitrogens is 5. The van der Waals surface area contributed by atoms with Gasteiger partial charge in [0.2, 0.25) is 0 Å². The third-order valence-electron chi connectivity index (χ3n) is 4.75. The van der Waals surface area contributed by atoms with Gasteiger partial charge in [-0.15, -0.1) is 11.6 Å². The Kier molecular flexibility index (Phi) is 7.56. The standard InChI is InChI=1S/C14H17ClN5O13P3/c15-3-7-1-10(22)19-6-17-13-12(14(19)18-7)16-5-20(13)11-2-8(21)9(31-11)4-30-35(26,27)33-36(28,29)32-34(23,24)25/h1,5-6,8-9,11,21H,2-4H2,(H,26,27)(H,28,29)(H2,23,24,25)/t8-,9+,11+/m0/s1. The second kappa shape index (κ2) is 9.93. The summed E-state index contributed by atoms with van der Waals surface area (Å²) in [5, 5.41) is 10.3. The van der Waals surface area contributed by atoms with Gasteiger partial charge < -0.3 is 29.4 Å². The van der Waals surface area contributed by atoms with Crippen LogP contribution in [-0.4, -0.2) is 67.4 Å². The highest BCUT2D eigenvalue weighted by atomic mass is 35.5. The molecule has 0 aliphatic carbocycles. The molecule has 5 N–H and O–H groups in total. The smallest absolute Gasteiger partial charge is 0.390 e. The molecular formula is C14H17ClN5O13P3. The second-order valence-electron chi connectivity index (χ2n) is 7.30. The molecule has 1 fully saturated rings. The summed E-state index contributed by atoms with van der Waals surface area (Å²) in [4.78, 5) is 60.8. The van der Waals surface area contributed by atoms with Crippen LogP contribution < -0.4 is 5.56 Å². The molecule has 4 rings (SSSR count). The Balaban J connectivity index is 1.49. The first-order valence-electron chi connectivity index (χ1n) is 9.60. The van der Waals surface area contributed by atoms with E-state index < -0.39 is 54.1 Å². The number of hydrogen-bond acceptors (Lipinski definition) is 12. The number of aliphatic hydroxyl groups excluding tert-OH is 1. The minimum Gasteiger partial charge on any atom is -0.390 e. The maximum atomic E-state index is 12.2. The molecule has 1 aliphatic heterocycles. The number of halogens is 1. The molecule has 2 unspecified atom stereocenters. The molecule has 36 heavy (non-hydrogen) atoms. The molecule has 0 amide bonds. The van der Waals surface area contributed by atoms with E-state index in [-0.39, 0.29) is 29.1 Å². The van der Waals surface area contributed by atoms with E-state index in [4.69, 9.17) is 26.1 Å². The third kappa shape index (κ3) is 6.09. The zero-order valence-electron chi connectivity index (χ0n) is 17.5. The highest BCUT2D eigenvalue weighted by molar-refractivity contribution is 7.66. The van der Waals surface area contributed by atoms with Crippen LogP contribution in [0.1, 0.15) is 18.3 Å². The molecule has 22 heteroatoms. The molecule has 0 bridgehead atoms. The van der Waals surface area contributed by atoms with Crippen molar-refractivity contribution in [2.24, 2.45) is 0 Å². The Morgan fingerprint density at radius 3 is 2.47 bits per heavy atom. The van der Waals surface area contributed by atoms with E-state index in [2.05, 4.69) is 28.1 Å². The summed E-state index contributed by atoms with van der Waals surface area (Å²) in [5.41, 5.74) is 0.557. The molecular weight excluding hydrogens is 575 g/mol. The lowest BCUT2D eigenvalue weighted by Crippen LogP contribution is -2.26. The van der Waals surface area contributed by atoms with Crippen molar-refractivity contribution in [3.63, 3.8) is 0 Å². The van der Waals surface area contributed by atoms with Crippen LogP contribution in [-0.2, 0) is 37.5 Å². The van der Waals surface area contributed by atoms with Gasteiger partial charge in [0.1, 0.15) is 18.7 Å². The van der Waals surface area contributed by atoms with Crippen molar-refractivity contribution in [3.8, 4) is 0 Å². The molecule has 198 valence electrons. The Labute approximate surface area is 204 Å². The van der Waals surface area contributed by atoms with E-state index in [1.807, 2.05) is 0 Å². The molecule has 1 aliphatic rings. The van der Waals surface area contributed by atoms with Gasteiger partial charge in [-0.3, -0.25) is 13.9 Å². The van der Waals surface area contributed by atoms with Gasteiger partial charge in [0, 0.05) is 12.5 Å². The lowest BCUT2D eigenvalue weighted by atomic mass is 10.2. The van der Waals surface area contributed by atoms with E-state index in [9.17, 15) is 33.4 Å². The van der Waals surface area contributed by atoms with E-state index in [0.29, 0.717) is 5.69 Å². The van der Waals surface area contributed by atoms with Crippen molar-refractivity contribution >= 4 is 51.9 Å². The molecule has 3 aromatic rings. The van der Waals surface area contributed by atoms with Gasteiger partial charge in [-0.1, -0.05) is 0 Å². The fourth-order valence-corrected chi connectivity index (χ4v) is 6.52. The molecule has 18 nitrogen and oxygen atoms in total. The monoisotopic (exact) mass is 591 g/mol. The number of fused-ring (bicyclic) bond motifs is 3. The fraction of sp³-hybridized carbons (Fsp3) is 0.429. The maximum Gasteiger partial charge on any atom is 0.490 e. The maximum absolute atomic E-state index is 12.2. The van der Waals surface area contributed by atoms with Gasteiger partial charge in [0.05, 0.1) is 30.6 Å². The van der Waals surface area contributed by atoms with Gasteiger partial charge in [-0.2, -0.15) is 8.62 Å². The predicted octanol–water partition coefficient (Wildman–Crippen LogP) is 0.170. The fourth-order valence-electron chi connectivity index (χ4n) is 3.36. The number of alkyl halides is 1. The number of imidazole rings is 1. The summed E-state index contributed by atoms with van der Waals surface area (Å²) >= 11 is 5.79. The summed E-state index contributed by atoms with van der Waals surface area (Å²) in [6.07, 6.45) is -0.937. The first-order valence-corrected chi connectivity index (χ1v) is 14.7. The number of rotatable bonds is 9. The topological polar surface area (TPSA) is 254 Å².